The third-order valence-corrected chi connectivity index (χ3v) is 0.942. The van der Waals surface area contributed by atoms with Crippen molar-refractivity contribution in [2.24, 2.45) is 16.5 Å². The molecule has 4 N–H and O–H groups in total. The van der Waals surface area contributed by atoms with Crippen LogP contribution in [-0.2, 0) is 0 Å². The van der Waals surface area contributed by atoms with Crippen LogP contribution in [0.25, 0.3) is 0 Å². The standard InChI is InChI=1S/C6H15N3/c1-2-5-9-6(8)3-4-7/h5-6H,2-4,7-8H2,1H3. The first-order valence-electron chi connectivity index (χ1n) is 3.28. The molecule has 0 heterocycles. The molecule has 3 nitrogen and oxygen atoms in total. The Morgan fingerprint density at radius 3 is 2.78 bits per heavy atom. The quantitative estimate of drug-likeness (QED) is 0.529. The van der Waals surface area contributed by atoms with Crippen molar-refractivity contribution in [1.29, 1.82) is 0 Å². The highest BCUT2D eigenvalue weighted by Gasteiger charge is 1.92. The van der Waals surface area contributed by atoms with E-state index in [1.54, 1.807) is 0 Å². The smallest absolute Gasteiger partial charge is 0.0977 e. The lowest BCUT2D eigenvalue weighted by Crippen LogP contribution is -2.21. The Morgan fingerprint density at radius 2 is 2.33 bits per heavy atom. The molecule has 3 heteroatoms. The summed E-state index contributed by atoms with van der Waals surface area (Å²) in [6, 6.07) is 0. The predicted octanol–water partition coefficient (Wildman–Crippen LogP) is 0.101. The summed E-state index contributed by atoms with van der Waals surface area (Å²) in [4.78, 5) is 4.01. The first-order valence-corrected chi connectivity index (χ1v) is 3.28. The van der Waals surface area contributed by atoms with E-state index in [-0.39, 0.29) is 6.17 Å². The van der Waals surface area contributed by atoms with E-state index in [0.717, 1.165) is 12.8 Å². The van der Waals surface area contributed by atoms with Gasteiger partial charge in [-0.2, -0.15) is 0 Å². The highest BCUT2D eigenvalue weighted by atomic mass is 14.9. The molecule has 1 unspecified atom stereocenters. The third kappa shape index (κ3) is 5.46. The van der Waals surface area contributed by atoms with Gasteiger partial charge in [0.25, 0.3) is 0 Å². The molecule has 0 aromatic rings. The molecule has 0 aliphatic carbocycles. The lowest BCUT2D eigenvalue weighted by molar-refractivity contribution is 0.652. The number of aliphatic imine (C=N–C) groups is 1. The summed E-state index contributed by atoms with van der Waals surface area (Å²) in [6.07, 6.45) is 3.45. The lowest BCUT2D eigenvalue weighted by atomic mass is 10.3. The minimum Gasteiger partial charge on any atom is -0.330 e. The molecule has 0 saturated heterocycles. The van der Waals surface area contributed by atoms with E-state index in [1.165, 1.54) is 0 Å². The maximum atomic E-state index is 5.49. The van der Waals surface area contributed by atoms with Crippen LogP contribution >= 0.6 is 0 Å². The van der Waals surface area contributed by atoms with E-state index < -0.39 is 0 Å². The number of hydrogen-bond acceptors (Lipinski definition) is 3. The van der Waals surface area contributed by atoms with Crippen molar-refractivity contribution in [3.05, 3.63) is 0 Å². The largest absolute Gasteiger partial charge is 0.330 e. The van der Waals surface area contributed by atoms with Crippen LogP contribution in [0, 0.1) is 0 Å². The van der Waals surface area contributed by atoms with E-state index >= 15 is 0 Å². The average Bonchev–Trinajstić information content (AvgIpc) is 1.85. The van der Waals surface area contributed by atoms with Crippen LogP contribution in [0.2, 0.25) is 0 Å². The van der Waals surface area contributed by atoms with Gasteiger partial charge >= 0.3 is 0 Å². The van der Waals surface area contributed by atoms with Crippen LogP contribution in [0.3, 0.4) is 0 Å². The highest BCUT2D eigenvalue weighted by molar-refractivity contribution is 5.56. The summed E-state index contributed by atoms with van der Waals surface area (Å²) in [5.74, 6) is 0. The van der Waals surface area contributed by atoms with Gasteiger partial charge in [-0.3, -0.25) is 4.99 Å². The Hall–Kier alpha value is -0.410. The SMILES string of the molecule is CCC=NC(N)CCN. The van der Waals surface area contributed by atoms with Gasteiger partial charge in [0.1, 0.15) is 0 Å². The number of rotatable bonds is 4. The summed E-state index contributed by atoms with van der Waals surface area (Å²) in [7, 11) is 0. The Kier molecular flexibility index (Phi) is 5.46. The normalized spacial score (nSPS) is 14.6. The maximum Gasteiger partial charge on any atom is 0.0977 e. The van der Waals surface area contributed by atoms with Gasteiger partial charge in [-0.25, -0.2) is 0 Å². The summed E-state index contributed by atoms with van der Waals surface area (Å²) < 4.78 is 0. The molecule has 0 aliphatic rings. The van der Waals surface area contributed by atoms with Crippen molar-refractivity contribution in [3.8, 4) is 0 Å². The summed E-state index contributed by atoms with van der Waals surface area (Å²) in [5.41, 5.74) is 10.7. The molecule has 1 atom stereocenters. The fourth-order valence-corrected chi connectivity index (χ4v) is 0.486. The maximum absolute atomic E-state index is 5.49. The second-order valence-corrected chi connectivity index (χ2v) is 1.88. The summed E-state index contributed by atoms with van der Waals surface area (Å²) in [5, 5.41) is 0. The molecule has 0 fully saturated rings. The van der Waals surface area contributed by atoms with E-state index in [1.807, 2.05) is 13.1 Å². The van der Waals surface area contributed by atoms with Crippen molar-refractivity contribution in [1.82, 2.24) is 0 Å². The number of nitrogens with zero attached hydrogens (tertiary/aromatic N) is 1. The summed E-state index contributed by atoms with van der Waals surface area (Å²) >= 11 is 0. The molecular weight excluding hydrogens is 114 g/mol. The average molecular weight is 129 g/mol. The van der Waals surface area contributed by atoms with Gasteiger partial charge in [0.05, 0.1) is 6.17 Å². The first kappa shape index (κ1) is 8.59. The van der Waals surface area contributed by atoms with Crippen molar-refractivity contribution >= 4 is 6.21 Å². The van der Waals surface area contributed by atoms with Crippen LogP contribution in [0.15, 0.2) is 4.99 Å². The van der Waals surface area contributed by atoms with Gasteiger partial charge in [-0.15, -0.1) is 0 Å². The molecule has 0 bridgehead atoms. The van der Waals surface area contributed by atoms with Gasteiger partial charge in [0.15, 0.2) is 0 Å². The first-order chi connectivity index (χ1) is 4.31. The van der Waals surface area contributed by atoms with Crippen LogP contribution in [0.1, 0.15) is 19.8 Å². The Labute approximate surface area is 56.1 Å². The molecule has 0 spiro atoms. The van der Waals surface area contributed by atoms with Gasteiger partial charge < -0.3 is 11.5 Å². The van der Waals surface area contributed by atoms with E-state index in [4.69, 9.17) is 11.5 Å². The molecule has 0 aliphatic heterocycles. The molecule has 0 rings (SSSR count). The molecule has 0 amide bonds. The lowest BCUT2D eigenvalue weighted by Gasteiger charge is -2.01. The van der Waals surface area contributed by atoms with Crippen molar-refractivity contribution in [2.45, 2.75) is 25.9 Å². The van der Waals surface area contributed by atoms with Gasteiger partial charge in [0.2, 0.25) is 0 Å². The zero-order chi connectivity index (χ0) is 7.11. The van der Waals surface area contributed by atoms with Gasteiger partial charge in [-0.1, -0.05) is 6.92 Å². The molecule has 9 heavy (non-hydrogen) atoms. The fourth-order valence-electron chi connectivity index (χ4n) is 0.486. The number of nitrogens with two attached hydrogens (primary N) is 2. The van der Waals surface area contributed by atoms with Crippen LogP contribution in [0.5, 0.6) is 0 Å². The van der Waals surface area contributed by atoms with Crippen LogP contribution in [-0.4, -0.2) is 18.9 Å². The van der Waals surface area contributed by atoms with E-state index in [9.17, 15) is 0 Å². The van der Waals surface area contributed by atoms with Crippen LogP contribution < -0.4 is 11.5 Å². The van der Waals surface area contributed by atoms with E-state index in [2.05, 4.69) is 4.99 Å². The van der Waals surface area contributed by atoms with Gasteiger partial charge in [0, 0.05) is 6.21 Å². The van der Waals surface area contributed by atoms with E-state index in [0.29, 0.717) is 6.54 Å². The minimum absolute atomic E-state index is 0.0880. The van der Waals surface area contributed by atoms with Gasteiger partial charge in [-0.05, 0) is 19.4 Å². The molecule has 54 valence electrons. The van der Waals surface area contributed by atoms with Crippen molar-refractivity contribution < 1.29 is 0 Å². The third-order valence-electron chi connectivity index (χ3n) is 0.942. The monoisotopic (exact) mass is 129 g/mol. The highest BCUT2D eigenvalue weighted by Crippen LogP contribution is 1.85. The Balaban J connectivity index is 3.25. The topological polar surface area (TPSA) is 64.4 Å². The second kappa shape index (κ2) is 5.72. The summed E-state index contributed by atoms with van der Waals surface area (Å²) in [6.45, 7) is 2.64. The number of hydrogen-bond donors (Lipinski definition) is 2. The van der Waals surface area contributed by atoms with Crippen molar-refractivity contribution in [3.63, 3.8) is 0 Å². The molecule has 0 aromatic heterocycles. The van der Waals surface area contributed by atoms with Crippen molar-refractivity contribution in [2.75, 3.05) is 6.54 Å². The molecular formula is C6H15N3. The van der Waals surface area contributed by atoms with Crippen LogP contribution in [0.4, 0.5) is 0 Å². The Morgan fingerprint density at radius 1 is 1.67 bits per heavy atom. The zero-order valence-electron chi connectivity index (χ0n) is 5.88. The Bertz CT molecular complexity index is 80.4. The second-order valence-electron chi connectivity index (χ2n) is 1.88. The zero-order valence-corrected chi connectivity index (χ0v) is 5.88. The molecule has 0 aromatic carbocycles. The molecule has 0 radical (unpaired) electrons. The minimum atomic E-state index is -0.0880. The predicted molar refractivity (Wildman–Crippen MR) is 40.4 cm³/mol. The molecule has 0 saturated carbocycles. The fraction of sp³-hybridized carbons (Fsp3) is 0.833.